The van der Waals surface area contributed by atoms with Gasteiger partial charge in [-0.2, -0.15) is 0 Å². The highest BCUT2D eigenvalue weighted by Gasteiger charge is 2.25. The summed E-state index contributed by atoms with van der Waals surface area (Å²) in [5, 5.41) is 6.22. The Kier molecular flexibility index (Phi) is 5.66. The largest absolute Gasteiger partial charge is 0.481 e. The molecule has 7 nitrogen and oxygen atoms in total. The molecule has 0 spiro atoms. The van der Waals surface area contributed by atoms with E-state index in [-0.39, 0.29) is 18.9 Å². The van der Waals surface area contributed by atoms with Gasteiger partial charge in [0, 0.05) is 0 Å². The van der Waals surface area contributed by atoms with Crippen LogP contribution in [0.5, 0.6) is 17.2 Å². The number of amides is 1. The molecule has 0 aliphatic carbocycles. The summed E-state index contributed by atoms with van der Waals surface area (Å²) in [5.74, 6) is 2.15. The van der Waals surface area contributed by atoms with E-state index in [1.165, 1.54) is 0 Å². The van der Waals surface area contributed by atoms with E-state index in [0.717, 1.165) is 28.3 Å². The molecule has 4 rings (SSSR count). The molecule has 0 aromatic heterocycles. The fraction of sp³-hybridized carbons (Fsp3) is 0.391. The van der Waals surface area contributed by atoms with Gasteiger partial charge >= 0.3 is 6.09 Å². The summed E-state index contributed by atoms with van der Waals surface area (Å²) in [6.45, 7) is 7.62. The third-order valence-electron chi connectivity index (χ3n) is 4.90. The molecule has 31 heavy (non-hydrogen) atoms. The Morgan fingerprint density at radius 2 is 1.94 bits per heavy atom. The van der Waals surface area contributed by atoms with Crippen molar-refractivity contribution in [2.45, 2.75) is 51.9 Å². The van der Waals surface area contributed by atoms with Crippen molar-refractivity contribution >= 4 is 29.0 Å². The van der Waals surface area contributed by atoms with Gasteiger partial charge in [-0.15, -0.1) is 0 Å². The fourth-order valence-electron chi connectivity index (χ4n) is 3.45. The first-order valence-corrected chi connectivity index (χ1v) is 10.6. The number of rotatable bonds is 4. The monoisotopic (exact) mass is 442 g/mol. The molecule has 2 atom stereocenters. The zero-order valence-corrected chi connectivity index (χ0v) is 18.8. The third kappa shape index (κ3) is 5.02. The van der Waals surface area contributed by atoms with Crippen LogP contribution in [0.4, 0.5) is 10.5 Å². The lowest BCUT2D eigenvalue weighted by atomic mass is 9.97. The second-order valence-corrected chi connectivity index (χ2v) is 9.04. The molecule has 1 amide bonds. The maximum Gasteiger partial charge on any atom is 0.408 e. The van der Waals surface area contributed by atoms with E-state index < -0.39 is 11.7 Å². The number of carbonyl (C=O) groups excluding carboxylic acids is 1. The van der Waals surface area contributed by atoms with Crippen molar-refractivity contribution in [3.63, 3.8) is 0 Å². The molecule has 2 aliphatic heterocycles. The van der Waals surface area contributed by atoms with Crippen LogP contribution in [0.1, 0.15) is 44.9 Å². The Hall–Kier alpha value is -3.00. The number of anilines is 1. The van der Waals surface area contributed by atoms with Crippen LogP contribution in [0.2, 0.25) is 0 Å². The van der Waals surface area contributed by atoms with E-state index in [1.807, 2.05) is 64.1 Å². The lowest BCUT2D eigenvalue weighted by Gasteiger charge is -2.28. The van der Waals surface area contributed by atoms with E-state index >= 15 is 0 Å². The second kappa shape index (κ2) is 8.26. The molecule has 2 heterocycles. The van der Waals surface area contributed by atoms with Crippen LogP contribution in [0.15, 0.2) is 36.4 Å². The van der Waals surface area contributed by atoms with Crippen molar-refractivity contribution in [1.82, 2.24) is 5.32 Å². The number of fused-ring (bicyclic) bond motifs is 2. The minimum Gasteiger partial charge on any atom is -0.481 e. The van der Waals surface area contributed by atoms with Crippen LogP contribution >= 0.6 is 12.2 Å². The predicted molar refractivity (Wildman–Crippen MR) is 121 cm³/mol. The van der Waals surface area contributed by atoms with E-state index in [0.29, 0.717) is 17.2 Å². The maximum atomic E-state index is 12.6. The number of benzene rings is 2. The zero-order chi connectivity index (χ0) is 22.2. The summed E-state index contributed by atoms with van der Waals surface area (Å²) in [6, 6.07) is 11.2. The van der Waals surface area contributed by atoms with Gasteiger partial charge in [-0.3, -0.25) is 0 Å². The van der Waals surface area contributed by atoms with Crippen LogP contribution in [-0.2, 0) is 11.2 Å². The predicted octanol–water partition coefficient (Wildman–Crippen LogP) is 4.74. The molecular formula is C23H26N2O5S. The average molecular weight is 443 g/mol. The third-order valence-corrected chi connectivity index (χ3v) is 5.34. The quantitative estimate of drug-likeness (QED) is 0.662. The Labute approximate surface area is 187 Å². The van der Waals surface area contributed by atoms with Crippen molar-refractivity contribution in [2.24, 2.45) is 0 Å². The number of nitrogens with one attached hydrogen (secondary N) is 2. The Bertz CT molecular complexity index is 1020. The van der Waals surface area contributed by atoms with Crippen LogP contribution in [0.3, 0.4) is 0 Å². The van der Waals surface area contributed by atoms with Crippen LogP contribution in [-0.4, -0.2) is 29.6 Å². The zero-order valence-electron chi connectivity index (χ0n) is 18.0. The summed E-state index contributed by atoms with van der Waals surface area (Å²) in [6.07, 6.45) is -0.127. The molecule has 8 heteroatoms. The van der Waals surface area contributed by atoms with Gasteiger partial charge in [0.05, 0.1) is 11.7 Å². The molecule has 2 unspecified atom stereocenters. The van der Waals surface area contributed by atoms with Crippen LogP contribution in [0, 0.1) is 0 Å². The Balaban J connectivity index is 1.61. The summed E-state index contributed by atoms with van der Waals surface area (Å²) in [5.41, 5.74) is 2.08. The molecule has 2 aliphatic rings. The first kappa shape index (κ1) is 21.2. The number of ether oxygens (including phenoxy) is 4. The summed E-state index contributed by atoms with van der Waals surface area (Å²) in [4.78, 5) is 13.2. The number of hydrogen-bond donors (Lipinski definition) is 2. The van der Waals surface area contributed by atoms with Crippen molar-refractivity contribution in [3.05, 3.63) is 47.5 Å². The van der Waals surface area contributed by atoms with E-state index in [9.17, 15) is 4.79 Å². The maximum absolute atomic E-state index is 12.6. The van der Waals surface area contributed by atoms with Crippen molar-refractivity contribution in [3.8, 4) is 17.2 Å². The summed E-state index contributed by atoms with van der Waals surface area (Å²) >= 11 is 5.34. The van der Waals surface area contributed by atoms with Gasteiger partial charge in [0.15, 0.2) is 11.5 Å². The van der Waals surface area contributed by atoms with E-state index in [4.69, 9.17) is 31.2 Å². The molecule has 0 radical (unpaired) electrons. The lowest BCUT2D eigenvalue weighted by Crippen LogP contribution is -2.36. The Morgan fingerprint density at radius 1 is 1.19 bits per heavy atom. The molecular weight excluding hydrogens is 416 g/mol. The van der Waals surface area contributed by atoms with Gasteiger partial charge < -0.3 is 29.6 Å². The van der Waals surface area contributed by atoms with Gasteiger partial charge in [0.1, 0.15) is 22.4 Å². The van der Waals surface area contributed by atoms with Gasteiger partial charge in [-0.1, -0.05) is 24.4 Å². The standard InChI is InChI=1S/C23H26N2O5S/c1-13-21(31)24-17-11-15(6-8-18(17)29-13)16(25-22(26)30-23(2,3)4)9-14-5-7-19-20(10-14)28-12-27-19/h5-8,10-11,13,16H,9,12H2,1-4H3,(H,24,31)(H,25,26). The fourth-order valence-corrected chi connectivity index (χ4v) is 3.61. The van der Waals surface area contributed by atoms with Crippen molar-refractivity contribution < 1.29 is 23.7 Å². The van der Waals surface area contributed by atoms with Gasteiger partial charge in [0.25, 0.3) is 0 Å². The van der Waals surface area contributed by atoms with Gasteiger partial charge in [-0.25, -0.2) is 4.79 Å². The van der Waals surface area contributed by atoms with Crippen LogP contribution in [0.25, 0.3) is 0 Å². The molecule has 164 valence electrons. The van der Waals surface area contributed by atoms with E-state index in [1.54, 1.807) is 0 Å². The smallest absolute Gasteiger partial charge is 0.408 e. The number of hydrogen-bond acceptors (Lipinski definition) is 6. The SMILES string of the molecule is CC1Oc2ccc(C(Cc3ccc4c(c3)OCO4)NC(=O)OC(C)(C)C)cc2NC1=S. The number of alkyl carbamates (subject to hydrolysis) is 1. The minimum atomic E-state index is -0.596. The molecule has 0 bridgehead atoms. The van der Waals surface area contributed by atoms with Crippen LogP contribution < -0.4 is 24.8 Å². The molecule has 2 aromatic rings. The normalized spacial score (nSPS) is 17.8. The van der Waals surface area contributed by atoms with Gasteiger partial charge in [-0.05, 0) is 69.5 Å². The summed E-state index contributed by atoms with van der Waals surface area (Å²) in [7, 11) is 0. The first-order valence-electron chi connectivity index (χ1n) is 10.2. The number of carbonyl (C=O) groups is 1. The summed E-state index contributed by atoms with van der Waals surface area (Å²) < 4.78 is 22.2. The molecule has 2 N–H and O–H groups in total. The number of thiocarbonyl (C=S) groups is 1. The lowest BCUT2D eigenvalue weighted by molar-refractivity contribution is 0.0503. The molecule has 2 aromatic carbocycles. The average Bonchev–Trinajstić information content (AvgIpc) is 3.14. The highest BCUT2D eigenvalue weighted by Crippen LogP contribution is 2.36. The molecule has 0 fully saturated rings. The van der Waals surface area contributed by atoms with Gasteiger partial charge in [0.2, 0.25) is 6.79 Å². The van der Waals surface area contributed by atoms with E-state index in [2.05, 4.69) is 10.6 Å². The topological polar surface area (TPSA) is 78.0 Å². The first-order chi connectivity index (χ1) is 14.7. The van der Waals surface area contributed by atoms with Crippen molar-refractivity contribution in [2.75, 3.05) is 12.1 Å². The molecule has 0 saturated heterocycles. The minimum absolute atomic E-state index is 0.183. The highest BCUT2D eigenvalue weighted by molar-refractivity contribution is 7.80. The van der Waals surface area contributed by atoms with Crippen molar-refractivity contribution in [1.29, 1.82) is 0 Å². The second-order valence-electron chi connectivity index (χ2n) is 8.60. The Morgan fingerprint density at radius 3 is 2.71 bits per heavy atom. The highest BCUT2D eigenvalue weighted by atomic mass is 32.1. The molecule has 0 saturated carbocycles.